The minimum Gasteiger partial charge on any atom is -0.345 e. The normalized spacial score (nSPS) is 17.0. The SMILES string of the molecule is O=C(N[C@H]1CCCc2ccccc21)c1ccc(-n2c(-c3ccccc3)cc3c2CCCC3)cc1. The first kappa shape index (κ1) is 21.0. The van der Waals surface area contributed by atoms with Crippen LogP contribution in [0.3, 0.4) is 0 Å². The molecule has 0 bridgehead atoms. The minimum absolute atomic E-state index is 0.00562. The van der Waals surface area contributed by atoms with Crippen molar-refractivity contribution in [3.05, 3.63) is 113 Å². The Hall–Kier alpha value is -3.59. The number of rotatable bonds is 4. The Morgan fingerprint density at radius 3 is 2.35 bits per heavy atom. The van der Waals surface area contributed by atoms with Crippen LogP contribution in [0.1, 0.15) is 64.5 Å². The van der Waals surface area contributed by atoms with Crippen molar-refractivity contribution in [3.63, 3.8) is 0 Å². The summed E-state index contributed by atoms with van der Waals surface area (Å²) >= 11 is 0. The second-order valence-electron chi connectivity index (χ2n) is 9.57. The van der Waals surface area contributed by atoms with Crippen LogP contribution in [-0.2, 0) is 19.3 Å². The fourth-order valence-corrected chi connectivity index (χ4v) is 5.72. The highest BCUT2D eigenvalue weighted by atomic mass is 16.1. The molecule has 0 aliphatic heterocycles. The average Bonchev–Trinajstić information content (AvgIpc) is 3.29. The van der Waals surface area contributed by atoms with Crippen molar-refractivity contribution in [2.45, 2.75) is 51.0 Å². The van der Waals surface area contributed by atoms with Gasteiger partial charge in [-0.1, -0.05) is 54.6 Å². The summed E-state index contributed by atoms with van der Waals surface area (Å²) in [6, 6.07) is 29.7. The van der Waals surface area contributed by atoms with E-state index in [9.17, 15) is 4.79 Å². The number of fused-ring (bicyclic) bond motifs is 2. The van der Waals surface area contributed by atoms with Gasteiger partial charge in [0.1, 0.15) is 0 Å². The number of nitrogens with zero attached hydrogens (tertiary/aromatic N) is 1. The molecule has 0 saturated heterocycles. The summed E-state index contributed by atoms with van der Waals surface area (Å²) in [6.07, 6.45) is 7.95. The van der Waals surface area contributed by atoms with Gasteiger partial charge < -0.3 is 9.88 Å². The van der Waals surface area contributed by atoms with Gasteiger partial charge >= 0.3 is 0 Å². The third-order valence-corrected chi connectivity index (χ3v) is 7.43. The molecule has 0 unspecified atom stereocenters. The van der Waals surface area contributed by atoms with Crippen molar-refractivity contribution in [2.75, 3.05) is 0 Å². The largest absolute Gasteiger partial charge is 0.345 e. The average molecular weight is 447 g/mol. The lowest BCUT2D eigenvalue weighted by Gasteiger charge is -2.26. The molecule has 0 saturated carbocycles. The maximum absolute atomic E-state index is 13.1. The highest BCUT2D eigenvalue weighted by Crippen LogP contribution is 2.34. The van der Waals surface area contributed by atoms with Crippen LogP contribution in [0.25, 0.3) is 16.9 Å². The number of nitrogens with one attached hydrogen (secondary N) is 1. The maximum Gasteiger partial charge on any atom is 0.251 e. The van der Waals surface area contributed by atoms with Crippen LogP contribution < -0.4 is 5.32 Å². The molecule has 3 aromatic carbocycles. The molecule has 1 aromatic heterocycles. The zero-order valence-corrected chi connectivity index (χ0v) is 19.5. The Morgan fingerprint density at radius 1 is 0.765 bits per heavy atom. The first-order chi connectivity index (χ1) is 16.8. The Kier molecular flexibility index (Phi) is 5.54. The van der Waals surface area contributed by atoms with E-state index < -0.39 is 0 Å². The summed E-state index contributed by atoms with van der Waals surface area (Å²) in [7, 11) is 0. The van der Waals surface area contributed by atoms with E-state index in [0.29, 0.717) is 5.56 Å². The number of hydrogen-bond donors (Lipinski definition) is 1. The number of carbonyl (C=O) groups is 1. The summed E-state index contributed by atoms with van der Waals surface area (Å²) in [4.78, 5) is 13.1. The lowest BCUT2D eigenvalue weighted by molar-refractivity contribution is 0.0933. The predicted molar refractivity (Wildman–Crippen MR) is 137 cm³/mol. The van der Waals surface area contributed by atoms with Crippen LogP contribution >= 0.6 is 0 Å². The summed E-state index contributed by atoms with van der Waals surface area (Å²) in [5.74, 6) is 0.00562. The lowest BCUT2D eigenvalue weighted by atomic mass is 9.87. The number of aromatic nitrogens is 1. The molecule has 2 aliphatic rings. The first-order valence-electron chi connectivity index (χ1n) is 12.6. The van der Waals surface area contributed by atoms with Crippen molar-refractivity contribution in [1.29, 1.82) is 0 Å². The second-order valence-corrected chi connectivity index (χ2v) is 9.57. The zero-order chi connectivity index (χ0) is 22.9. The van der Waals surface area contributed by atoms with E-state index in [0.717, 1.165) is 37.8 Å². The maximum atomic E-state index is 13.1. The van der Waals surface area contributed by atoms with Gasteiger partial charge in [-0.05, 0) is 97.5 Å². The Morgan fingerprint density at radius 2 is 1.50 bits per heavy atom. The highest BCUT2D eigenvalue weighted by Gasteiger charge is 2.23. The van der Waals surface area contributed by atoms with Crippen molar-refractivity contribution in [1.82, 2.24) is 9.88 Å². The van der Waals surface area contributed by atoms with Crippen LogP contribution in [0.4, 0.5) is 0 Å². The molecule has 170 valence electrons. The van der Waals surface area contributed by atoms with Gasteiger partial charge in [0.25, 0.3) is 5.91 Å². The molecular formula is C31H30N2O. The van der Waals surface area contributed by atoms with Crippen LogP contribution in [0, 0.1) is 0 Å². The van der Waals surface area contributed by atoms with E-state index in [1.165, 1.54) is 46.5 Å². The van der Waals surface area contributed by atoms with Crippen molar-refractivity contribution >= 4 is 5.91 Å². The Balaban J connectivity index is 1.29. The monoisotopic (exact) mass is 446 g/mol. The summed E-state index contributed by atoms with van der Waals surface area (Å²) < 4.78 is 2.41. The molecule has 0 spiro atoms. The molecule has 3 heteroatoms. The van der Waals surface area contributed by atoms with Gasteiger partial charge in [0.05, 0.1) is 11.7 Å². The summed E-state index contributed by atoms with van der Waals surface area (Å²) in [5, 5.41) is 3.29. The summed E-state index contributed by atoms with van der Waals surface area (Å²) in [5.41, 5.74) is 9.82. The molecule has 1 atom stereocenters. The molecule has 4 aromatic rings. The van der Waals surface area contributed by atoms with E-state index in [-0.39, 0.29) is 11.9 Å². The van der Waals surface area contributed by atoms with Gasteiger partial charge in [0, 0.05) is 16.9 Å². The number of benzene rings is 3. The van der Waals surface area contributed by atoms with Gasteiger partial charge in [0.15, 0.2) is 0 Å². The smallest absolute Gasteiger partial charge is 0.251 e. The van der Waals surface area contributed by atoms with E-state index in [1.807, 2.05) is 12.1 Å². The van der Waals surface area contributed by atoms with Gasteiger partial charge in [-0.3, -0.25) is 4.79 Å². The third-order valence-electron chi connectivity index (χ3n) is 7.43. The topological polar surface area (TPSA) is 34.0 Å². The van der Waals surface area contributed by atoms with Gasteiger partial charge in [-0.25, -0.2) is 0 Å². The van der Waals surface area contributed by atoms with Gasteiger partial charge in [-0.2, -0.15) is 0 Å². The standard InChI is InChI=1S/C31H30N2O/c34-31(32-28-15-8-13-22-9-4-6-14-27(22)28)24-17-19-26(20-18-24)33-29-16-7-5-12-25(29)21-30(33)23-10-2-1-3-11-23/h1-4,6,9-11,14,17-21,28H,5,7-8,12-13,15-16H2,(H,32,34)/t28-/m0/s1. The van der Waals surface area contributed by atoms with Gasteiger partial charge in [0.2, 0.25) is 0 Å². The molecule has 1 heterocycles. The second kappa shape index (κ2) is 8.98. The van der Waals surface area contributed by atoms with E-state index in [2.05, 4.69) is 82.7 Å². The van der Waals surface area contributed by atoms with Crippen LogP contribution in [0.5, 0.6) is 0 Å². The quantitative estimate of drug-likeness (QED) is 0.366. The molecule has 6 rings (SSSR count). The van der Waals surface area contributed by atoms with Gasteiger partial charge in [-0.15, -0.1) is 0 Å². The van der Waals surface area contributed by atoms with E-state index in [4.69, 9.17) is 0 Å². The first-order valence-corrected chi connectivity index (χ1v) is 12.6. The van der Waals surface area contributed by atoms with Crippen molar-refractivity contribution in [3.8, 4) is 16.9 Å². The van der Waals surface area contributed by atoms with Crippen LogP contribution in [-0.4, -0.2) is 10.5 Å². The molecule has 3 nitrogen and oxygen atoms in total. The fraction of sp³-hybridized carbons (Fsp3) is 0.258. The lowest BCUT2D eigenvalue weighted by Crippen LogP contribution is -2.30. The molecule has 1 N–H and O–H groups in total. The van der Waals surface area contributed by atoms with Crippen LogP contribution in [0.15, 0.2) is 84.9 Å². The number of amides is 1. The van der Waals surface area contributed by atoms with Crippen LogP contribution in [0.2, 0.25) is 0 Å². The minimum atomic E-state index is 0.00562. The zero-order valence-electron chi connectivity index (χ0n) is 19.5. The summed E-state index contributed by atoms with van der Waals surface area (Å²) in [6.45, 7) is 0. The number of aryl methyl sites for hydroxylation is 2. The molecule has 0 fully saturated rings. The highest BCUT2D eigenvalue weighted by molar-refractivity contribution is 5.94. The van der Waals surface area contributed by atoms with E-state index >= 15 is 0 Å². The molecular weight excluding hydrogens is 416 g/mol. The van der Waals surface area contributed by atoms with Crippen molar-refractivity contribution < 1.29 is 4.79 Å². The van der Waals surface area contributed by atoms with Crippen molar-refractivity contribution in [2.24, 2.45) is 0 Å². The Labute approximate surface area is 201 Å². The molecule has 0 radical (unpaired) electrons. The predicted octanol–water partition coefficient (Wildman–Crippen LogP) is 6.83. The number of carbonyl (C=O) groups excluding carboxylic acids is 1. The molecule has 2 aliphatic carbocycles. The van der Waals surface area contributed by atoms with E-state index in [1.54, 1.807) is 0 Å². The Bertz CT molecular complexity index is 1320. The molecule has 1 amide bonds. The number of hydrogen-bond acceptors (Lipinski definition) is 1. The fourth-order valence-electron chi connectivity index (χ4n) is 5.72. The third kappa shape index (κ3) is 3.86. The molecule has 34 heavy (non-hydrogen) atoms.